The van der Waals surface area contributed by atoms with E-state index < -0.39 is 0 Å². The topological polar surface area (TPSA) is 41.1 Å². The molecule has 0 radical (unpaired) electrons. The zero-order chi connectivity index (χ0) is 13.9. The zero-order valence-corrected chi connectivity index (χ0v) is 13.1. The molecule has 1 fully saturated rings. The van der Waals surface area contributed by atoms with Crippen LogP contribution in [-0.2, 0) is 11.2 Å². The molecule has 3 nitrogen and oxygen atoms in total. The molecule has 0 atom stereocenters. The molecule has 19 heavy (non-hydrogen) atoms. The molecule has 1 amide bonds. The van der Waals surface area contributed by atoms with Crippen molar-refractivity contribution in [2.24, 2.45) is 5.41 Å². The summed E-state index contributed by atoms with van der Waals surface area (Å²) in [6.45, 7) is 3.82. The van der Waals surface area contributed by atoms with E-state index in [1.165, 1.54) is 12.8 Å². The van der Waals surface area contributed by atoms with Gasteiger partial charge < -0.3 is 10.6 Å². The zero-order valence-electron chi connectivity index (χ0n) is 11.6. The van der Waals surface area contributed by atoms with Crippen LogP contribution in [0, 0.1) is 12.3 Å². The third kappa shape index (κ3) is 4.05. The molecule has 0 saturated heterocycles. The van der Waals surface area contributed by atoms with Crippen LogP contribution in [-0.4, -0.2) is 26.0 Å². The van der Waals surface area contributed by atoms with Crippen LogP contribution in [0.1, 0.15) is 24.0 Å². The van der Waals surface area contributed by atoms with Gasteiger partial charge in [0.05, 0.1) is 6.42 Å². The Morgan fingerprint density at radius 2 is 2.11 bits per heavy atom. The Morgan fingerprint density at radius 3 is 2.74 bits per heavy atom. The van der Waals surface area contributed by atoms with Crippen molar-refractivity contribution < 1.29 is 4.79 Å². The Labute approximate surface area is 123 Å². The van der Waals surface area contributed by atoms with Crippen molar-refractivity contribution in [1.29, 1.82) is 0 Å². The van der Waals surface area contributed by atoms with Crippen LogP contribution in [0.5, 0.6) is 0 Å². The SMILES string of the molecule is CNCC1(CNC(=O)Cc2cc(Br)ccc2C)CC1. The molecule has 104 valence electrons. The Kier molecular flexibility index (Phi) is 4.63. The average Bonchev–Trinajstić information content (AvgIpc) is 3.12. The van der Waals surface area contributed by atoms with Crippen molar-refractivity contribution in [1.82, 2.24) is 10.6 Å². The van der Waals surface area contributed by atoms with Gasteiger partial charge in [-0.2, -0.15) is 0 Å². The van der Waals surface area contributed by atoms with Crippen molar-refractivity contribution >= 4 is 21.8 Å². The Hall–Kier alpha value is -0.870. The van der Waals surface area contributed by atoms with Crippen molar-refractivity contribution in [2.75, 3.05) is 20.1 Å². The number of halogens is 1. The first-order valence-electron chi connectivity index (χ1n) is 6.71. The second-order valence-electron chi connectivity index (χ2n) is 5.55. The minimum Gasteiger partial charge on any atom is -0.355 e. The van der Waals surface area contributed by atoms with E-state index in [1.54, 1.807) is 0 Å². The molecule has 0 aromatic heterocycles. The van der Waals surface area contributed by atoms with E-state index in [9.17, 15) is 4.79 Å². The second kappa shape index (κ2) is 6.06. The van der Waals surface area contributed by atoms with Gasteiger partial charge in [-0.15, -0.1) is 0 Å². The Balaban J connectivity index is 1.86. The average molecular weight is 325 g/mol. The largest absolute Gasteiger partial charge is 0.355 e. The number of hydrogen-bond acceptors (Lipinski definition) is 2. The van der Waals surface area contributed by atoms with Crippen molar-refractivity contribution in [3.05, 3.63) is 33.8 Å². The number of carbonyl (C=O) groups excluding carboxylic acids is 1. The summed E-state index contributed by atoms with van der Waals surface area (Å²) in [5.74, 6) is 0.114. The lowest BCUT2D eigenvalue weighted by Crippen LogP contribution is -2.35. The molecule has 0 heterocycles. The van der Waals surface area contributed by atoms with E-state index in [2.05, 4.69) is 26.6 Å². The summed E-state index contributed by atoms with van der Waals surface area (Å²) >= 11 is 3.45. The van der Waals surface area contributed by atoms with Crippen molar-refractivity contribution in [2.45, 2.75) is 26.2 Å². The molecule has 0 bridgehead atoms. The molecular weight excluding hydrogens is 304 g/mol. The lowest BCUT2D eigenvalue weighted by molar-refractivity contribution is -0.120. The molecular formula is C15H21BrN2O. The Bertz CT molecular complexity index is 469. The Morgan fingerprint density at radius 1 is 1.37 bits per heavy atom. The minimum absolute atomic E-state index is 0.114. The number of nitrogens with one attached hydrogen (secondary N) is 2. The smallest absolute Gasteiger partial charge is 0.224 e. The molecule has 2 N–H and O–H groups in total. The highest BCUT2D eigenvalue weighted by atomic mass is 79.9. The van der Waals surface area contributed by atoms with E-state index in [0.29, 0.717) is 11.8 Å². The number of carbonyl (C=O) groups is 1. The third-order valence-electron chi connectivity index (χ3n) is 3.83. The first-order chi connectivity index (χ1) is 9.04. The van der Waals surface area contributed by atoms with Crippen LogP contribution < -0.4 is 10.6 Å². The summed E-state index contributed by atoms with van der Waals surface area (Å²) in [7, 11) is 1.97. The minimum atomic E-state index is 0.114. The van der Waals surface area contributed by atoms with Gasteiger partial charge >= 0.3 is 0 Å². The molecule has 1 aromatic rings. The standard InChI is InChI=1S/C15H21BrN2O/c1-11-3-4-13(16)7-12(11)8-14(19)18-10-15(5-6-15)9-17-2/h3-4,7,17H,5-6,8-10H2,1-2H3,(H,18,19). The number of rotatable bonds is 6. The van der Waals surface area contributed by atoms with Crippen LogP contribution in [0.2, 0.25) is 0 Å². The monoisotopic (exact) mass is 324 g/mol. The lowest BCUT2D eigenvalue weighted by Gasteiger charge is -2.15. The van der Waals surface area contributed by atoms with E-state index in [-0.39, 0.29) is 5.91 Å². The van der Waals surface area contributed by atoms with Crippen LogP contribution in [0.3, 0.4) is 0 Å². The number of benzene rings is 1. The van der Waals surface area contributed by atoms with Gasteiger partial charge in [-0.05, 0) is 50.1 Å². The fourth-order valence-electron chi connectivity index (χ4n) is 2.32. The number of hydrogen-bond donors (Lipinski definition) is 2. The third-order valence-corrected chi connectivity index (χ3v) is 4.32. The van der Waals surface area contributed by atoms with E-state index in [0.717, 1.165) is 28.7 Å². The van der Waals surface area contributed by atoms with Crippen molar-refractivity contribution in [3.63, 3.8) is 0 Å². The van der Waals surface area contributed by atoms with Crippen LogP contribution >= 0.6 is 15.9 Å². The summed E-state index contributed by atoms with van der Waals surface area (Å²) < 4.78 is 1.02. The first kappa shape index (κ1) is 14.5. The van der Waals surface area contributed by atoms with Crippen LogP contribution in [0.4, 0.5) is 0 Å². The van der Waals surface area contributed by atoms with Crippen LogP contribution in [0.25, 0.3) is 0 Å². The summed E-state index contributed by atoms with van der Waals surface area (Å²) in [5, 5.41) is 6.27. The van der Waals surface area contributed by atoms with E-state index in [1.807, 2.05) is 32.2 Å². The van der Waals surface area contributed by atoms with Crippen LogP contribution in [0.15, 0.2) is 22.7 Å². The normalized spacial score (nSPS) is 16.2. The molecule has 1 saturated carbocycles. The second-order valence-corrected chi connectivity index (χ2v) is 6.47. The fourth-order valence-corrected chi connectivity index (χ4v) is 2.73. The molecule has 0 unspecified atom stereocenters. The molecule has 4 heteroatoms. The highest BCUT2D eigenvalue weighted by Crippen LogP contribution is 2.44. The molecule has 1 aromatic carbocycles. The predicted molar refractivity (Wildman–Crippen MR) is 81.2 cm³/mol. The van der Waals surface area contributed by atoms with Gasteiger partial charge in [0.15, 0.2) is 0 Å². The molecule has 0 aliphatic heterocycles. The van der Waals surface area contributed by atoms with Gasteiger partial charge in [-0.25, -0.2) is 0 Å². The molecule has 1 aliphatic carbocycles. The van der Waals surface area contributed by atoms with Gasteiger partial charge in [-0.3, -0.25) is 4.79 Å². The highest BCUT2D eigenvalue weighted by molar-refractivity contribution is 9.10. The molecule has 1 aliphatic rings. The van der Waals surface area contributed by atoms with Crippen molar-refractivity contribution in [3.8, 4) is 0 Å². The van der Waals surface area contributed by atoms with E-state index >= 15 is 0 Å². The van der Waals surface area contributed by atoms with Gasteiger partial charge in [0, 0.05) is 23.0 Å². The number of amides is 1. The molecule has 0 spiro atoms. The first-order valence-corrected chi connectivity index (χ1v) is 7.50. The lowest BCUT2D eigenvalue weighted by atomic mass is 10.0. The van der Waals surface area contributed by atoms with Gasteiger partial charge in [0.1, 0.15) is 0 Å². The van der Waals surface area contributed by atoms with Gasteiger partial charge in [0.2, 0.25) is 5.91 Å². The van der Waals surface area contributed by atoms with Gasteiger partial charge in [0.25, 0.3) is 0 Å². The number of aryl methyl sites for hydroxylation is 1. The maximum Gasteiger partial charge on any atom is 0.224 e. The summed E-state index contributed by atoms with van der Waals surface area (Å²) in [6.07, 6.45) is 2.88. The molecule has 2 rings (SSSR count). The maximum atomic E-state index is 12.0. The quantitative estimate of drug-likeness (QED) is 0.843. The highest BCUT2D eigenvalue weighted by Gasteiger charge is 2.41. The fraction of sp³-hybridized carbons (Fsp3) is 0.533. The summed E-state index contributed by atoms with van der Waals surface area (Å²) in [6, 6.07) is 6.06. The predicted octanol–water partition coefficient (Wildman–Crippen LogP) is 2.42. The summed E-state index contributed by atoms with van der Waals surface area (Å²) in [4.78, 5) is 12.0. The maximum absolute atomic E-state index is 12.0. The van der Waals surface area contributed by atoms with E-state index in [4.69, 9.17) is 0 Å². The van der Waals surface area contributed by atoms with Gasteiger partial charge in [-0.1, -0.05) is 22.0 Å². The summed E-state index contributed by atoms with van der Waals surface area (Å²) in [5.41, 5.74) is 2.57.